The van der Waals surface area contributed by atoms with Crippen molar-refractivity contribution >= 4 is 11.1 Å². The molecule has 1 aromatic carbocycles. The normalized spacial score (nSPS) is 11.1. The Morgan fingerprint density at radius 1 is 1.08 bits per heavy atom. The number of oxazole rings is 1. The zero-order valence-corrected chi connectivity index (χ0v) is 8.43. The van der Waals surface area contributed by atoms with Gasteiger partial charge in [0.25, 0.3) is 0 Å². The van der Waals surface area contributed by atoms with Crippen LogP contribution >= 0.6 is 0 Å². The Balaban J connectivity index is 2.92. The molecule has 0 N–H and O–H groups in total. The number of nitrogens with zero attached hydrogens (tertiary/aromatic N) is 1. The maximum Gasteiger partial charge on any atom is 0.192 e. The van der Waals surface area contributed by atoms with Gasteiger partial charge in [0, 0.05) is 6.92 Å². The maximum atomic E-state index is 5.52. The maximum absolute atomic E-state index is 5.52. The van der Waals surface area contributed by atoms with Crippen LogP contribution in [0.3, 0.4) is 0 Å². The molecular weight excluding hydrogens is 162 g/mol. The molecule has 2 heteroatoms. The minimum atomic E-state index is 0.739. The third kappa shape index (κ3) is 1.13. The summed E-state index contributed by atoms with van der Waals surface area (Å²) in [5, 5.41) is 0. The lowest BCUT2D eigenvalue weighted by atomic mass is 10.0. The van der Waals surface area contributed by atoms with E-state index in [0.717, 1.165) is 17.0 Å². The molecule has 0 radical (unpaired) electrons. The van der Waals surface area contributed by atoms with Crippen molar-refractivity contribution in [2.75, 3.05) is 0 Å². The molecule has 2 rings (SSSR count). The molecule has 1 aromatic heterocycles. The summed E-state index contributed by atoms with van der Waals surface area (Å²) < 4.78 is 5.52. The SMILES string of the molecule is Cc1nc2cc(C)c(C)c(C)c2o1. The summed E-state index contributed by atoms with van der Waals surface area (Å²) >= 11 is 0. The van der Waals surface area contributed by atoms with Crippen LogP contribution in [-0.2, 0) is 0 Å². The first kappa shape index (κ1) is 8.30. The standard InChI is InChI=1S/C11H13NO/c1-6-5-10-11(8(3)7(6)2)13-9(4)12-10/h5H,1-4H3. The summed E-state index contributed by atoms with van der Waals surface area (Å²) in [6.07, 6.45) is 0. The zero-order chi connectivity index (χ0) is 9.59. The molecule has 2 aromatic rings. The summed E-state index contributed by atoms with van der Waals surface area (Å²) in [5.74, 6) is 0.739. The zero-order valence-electron chi connectivity index (χ0n) is 8.43. The molecule has 0 saturated carbocycles. The number of fused-ring (bicyclic) bond motifs is 1. The molecule has 0 aliphatic heterocycles. The Hall–Kier alpha value is -1.31. The minimum Gasteiger partial charge on any atom is -0.441 e. The predicted molar refractivity (Wildman–Crippen MR) is 53.0 cm³/mol. The van der Waals surface area contributed by atoms with Gasteiger partial charge >= 0.3 is 0 Å². The van der Waals surface area contributed by atoms with Crippen molar-refractivity contribution in [1.82, 2.24) is 4.98 Å². The second-order valence-corrected chi connectivity index (χ2v) is 3.52. The van der Waals surface area contributed by atoms with Gasteiger partial charge in [-0.25, -0.2) is 4.98 Å². The average Bonchev–Trinajstić information content (AvgIpc) is 2.42. The molecule has 0 fully saturated rings. The van der Waals surface area contributed by atoms with Crippen molar-refractivity contribution in [3.63, 3.8) is 0 Å². The molecule has 1 heterocycles. The molecule has 2 nitrogen and oxygen atoms in total. The molecule has 0 spiro atoms. The van der Waals surface area contributed by atoms with E-state index in [1.807, 2.05) is 6.92 Å². The second-order valence-electron chi connectivity index (χ2n) is 3.52. The van der Waals surface area contributed by atoms with Gasteiger partial charge in [0.1, 0.15) is 5.52 Å². The lowest BCUT2D eigenvalue weighted by Gasteiger charge is -2.03. The van der Waals surface area contributed by atoms with Crippen LogP contribution in [0, 0.1) is 27.7 Å². The molecule has 0 aliphatic rings. The molecule has 0 bridgehead atoms. The highest BCUT2D eigenvalue weighted by Gasteiger charge is 2.08. The first-order chi connectivity index (χ1) is 6.09. The summed E-state index contributed by atoms with van der Waals surface area (Å²) in [6, 6.07) is 2.08. The highest BCUT2D eigenvalue weighted by Crippen LogP contribution is 2.24. The minimum absolute atomic E-state index is 0.739. The van der Waals surface area contributed by atoms with Gasteiger partial charge < -0.3 is 4.42 Å². The number of aryl methyl sites for hydroxylation is 3. The van der Waals surface area contributed by atoms with E-state index in [1.165, 1.54) is 16.7 Å². The summed E-state index contributed by atoms with van der Waals surface area (Å²) in [4.78, 5) is 4.31. The van der Waals surface area contributed by atoms with Gasteiger partial charge in [-0.1, -0.05) is 0 Å². The van der Waals surface area contributed by atoms with E-state index >= 15 is 0 Å². The highest BCUT2D eigenvalue weighted by molar-refractivity contribution is 5.78. The van der Waals surface area contributed by atoms with Gasteiger partial charge in [-0.3, -0.25) is 0 Å². The van der Waals surface area contributed by atoms with Gasteiger partial charge in [-0.05, 0) is 43.5 Å². The molecule has 0 unspecified atom stereocenters. The third-order valence-corrected chi connectivity index (χ3v) is 2.61. The van der Waals surface area contributed by atoms with Crippen molar-refractivity contribution in [3.05, 3.63) is 28.6 Å². The Kier molecular flexibility index (Phi) is 1.65. The number of hydrogen-bond donors (Lipinski definition) is 0. The quantitative estimate of drug-likeness (QED) is 0.615. The fourth-order valence-corrected chi connectivity index (χ4v) is 1.59. The molecule has 13 heavy (non-hydrogen) atoms. The largest absolute Gasteiger partial charge is 0.441 e. The van der Waals surface area contributed by atoms with E-state index in [2.05, 4.69) is 31.8 Å². The lowest BCUT2D eigenvalue weighted by Crippen LogP contribution is -1.86. The number of rotatable bonds is 0. The van der Waals surface area contributed by atoms with Gasteiger partial charge in [-0.15, -0.1) is 0 Å². The average molecular weight is 175 g/mol. The molecule has 0 amide bonds. The highest BCUT2D eigenvalue weighted by atomic mass is 16.3. The Labute approximate surface area is 77.6 Å². The van der Waals surface area contributed by atoms with E-state index in [0.29, 0.717) is 0 Å². The van der Waals surface area contributed by atoms with Crippen molar-refractivity contribution in [2.45, 2.75) is 27.7 Å². The van der Waals surface area contributed by atoms with Crippen molar-refractivity contribution in [2.24, 2.45) is 0 Å². The smallest absolute Gasteiger partial charge is 0.192 e. The van der Waals surface area contributed by atoms with Crippen LogP contribution in [-0.4, -0.2) is 4.98 Å². The van der Waals surface area contributed by atoms with Gasteiger partial charge in [-0.2, -0.15) is 0 Å². The Morgan fingerprint density at radius 2 is 1.77 bits per heavy atom. The second kappa shape index (κ2) is 2.59. The fraction of sp³-hybridized carbons (Fsp3) is 0.364. The van der Waals surface area contributed by atoms with Gasteiger partial charge in [0.15, 0.2) is 11.5 Å². The summed E-state index contributed by atoms with van der Waals surface area (Å²) in [6.45, 7) is 8.17. The van der Waals surface area contributed by atoms with E-state index in [9.17, 15) is 0 Å². The number of benzene rings is 1. The molecule has 68 valence electrons. The molecular formula is C11H13NO. The van der Waals surface area contributed by atoms with E-state index < -0.39 is 0 Å². The topological polar surface area (TPSA) is 26.0 Å². The summed E-state index contributed by atoms with van der Waals surface area (Å²) in [7, 11) is 0. The first-order valence-corrected chi connectivity index (χ1v) is 4.43. The molecule has 0 aliphatic carbocycles. The number of hydrogen-bond acceptors (Lipinski definition) is 2. The molecule has 0 saturated heterocycles. The third-order valence-electron chi connectivity index (χ3n) is 2.61. The van der Waals surface area contributed by atoms with Crippen LogP contribution < -0.4 is 0 Å². The van der Waals surface area contributed by atoms with Crippen molar-refractivity contribution < 1.29 is 4.42 Å². The van der Waals surface area contributed by atoms with Crippen LogP contribution in [0.5, 0.6) is 0 Å². The van der Waals surface area contributed by atoms with Gasteiger partial charge in [0.2, 0.25) is 0 Å². The van der Waals surface area contributed by atoms with E-state index in [1.54, 1.807) is 0 Å². The van der Waals surface area contributed by atoms with Crippen LogP contribution in [0.15, 0.2) is 10.5 Å². The van der Waals surface area contributed by atoms with Gasteiger partial charge in [0.05, 0.1) is 0 Å². The van der Waals surface area contributed by atoms with Crippen molar-refractivity contribution in [1.29, 1.82) is 0 Å². The van der Waals surface area contributed by atoms with Crippen LogP contribution in [0.4, 0.5) is 0 Å². The van der Waals surface area contributed by atoms with Crippen LogP contribution in [0.1, 0.15) is 22.6 Å². The van der Waals surface area contributed by atoms with Crippen LogP contribution in [0.2, 0.25) is 0 Å². The van der Waals surface area contributed by atoms with E-state index in [4.69, 9.17) is 4.42 Å². The predicted octanol–water partition coefficient (Wildman–Crippen LogP) is 3.06. The number of aromatic nitrogens is 1. The van der Waals surface area contributed by atoms with E-state index in [-0.39, 0.29) is 0 Å². The Bertz CT molecular complexity index is 468. The Morgan fingerprint density at radius 3 is 2.46 bits per heavy atom. The fourth-order valence-electron chi connectivity index (χ4n) is 1.59. The monoisotopic (exact) mass is 175 g/mol. The first-order valence-electron chi connectivity index (χ1n) is 4.43. The van der Waals surface area contributed by atoms with Crippen molar-refractivity contribution in [3.8, 4) is 0 Å². The molecule has 0 atom stereocenters. The van der Waals surface area contributed by atoms with Crippen LogP contribution in [0.25, 0.3) is 11.1 Å². The lowest BCUT2D eigenvalue weighted by molar-refractivity contribution is 0.559. The summed E-state index contributed by atoms with van der Waals surface area (Å²) in [5.41, 5.74) is 5.68.